The van der Waals surface area contributed by atoms with Crippen molar-refractivity contribution in [3.8, 4) is 0 Å². The van der Waals surface area contributed by atoms with Crippen LogP contribution in [0, 0.1) is 11.8 Å². The van der Waals surface area contributed by atoms with Crippen molar-refractivity contribution in [2.75, 3.05) is 24.3 Å². The normalized spacial score (nSPS) is 19.1. The Bertz CT molecular complexity index is 1100. The molecule has 1 N–H and O–H groups in total. The van der Waals surface area contributed by atoms with Gasteiger partial charge in [0.25, 0.3) is 12.3 Å². The van der Waals surface area contributed by atoms with E-state index in [0.29, 0.717) is 23.3 Å². The van der Waals surface area contributed by atoms with E-state index in [0.717, 1.165) is 25.7 Å². The summed E-state index contributed by atoms with van der Waals surface area (Å²) in [6.07, 6.45) is 5.72. The number of hydrogen-bond donors (Lipinski definition) is 1. The predicted octanol–water partition coefficient (Wildman–Crippen LogP) is 4.57. The molecule has 0 saturated heterocycles. The molecule has 0 aliphatic heterocycles. The maximum Gasteiger partial charge on any atom is 0.284 e. The van der Waals surface area contributed by atoms with Crippen LogP contribution in [0.4, 0.5) is 20.3 Å². The van der Waals surface area contributed by atoms with Gasteiger partial charge in [0, 0.05) is 26.5 Å². The van der Waals surface area contributed by atoms with Gasteiger partial charge < -0.3 is 10.2 Å². The number of rotatable bonds is 6. The summed E-state index contributed by atoms with van der Waals surface area (Å²) in [5.41, 5.74) is 0.174. The molecule has 0 unspecified atom stereocenters. The molecule has 1 amide bonds. The van der Waals surface area contributed by atoms with Crippen LogP contribution in [-0.2, 0) is 0 Å². The van der Waals surface area contributed by atoms with Crippen LogP contribution in [0.3, 0.4) is 0 Å². The lowest BCUT2D eigenvalue weighted by molar-refractivity contribution is 0.102. The first-order chi connectivity index (χ1) is 15.2. The highest BCUT2D eigenvalue weighted by Crippen LogP contribution is 2.37. The fourth-order valence-corrected chi connectivity index (χ4v) is 4.34. The van der Waals surface area contributed by atoms with Gasteiger partial charge in [-0.2, -0.15) is 10.2 Å². The van der Waals surface area contributed by atoms with Gasteiger partial charge in [-0.1, -0.05) is 13.8 Å². The zero-order valence-electron chi connectivity index (χ0n) is 18.8. The van der Waals surface area contributed by atoms with Crippen LogP contribution in [0.25, 0.3) is 5.65 Å². The van der Waals surface area contributed by atoms with Crippen molar-refractivity contribution in [3.05, 3.63) is 35.9 Å². The first kappa shape index (κ1) is 22.2. The molecule has 32 heavy (non-hydrogen) atoms. The third kappa shape index (κ3) is 4.31. The van der Waals surface area contributed by atoms with E-state index in [1.165, 1.54) is 16.9 Å². The molecule has 172 valence electrons. The molecule has 8 nitrogen and oxygen atoms in total. The number of fused-ring (bicyclic) bond motifs is 1. The van der Waals surface area contributed by atoms with Crippen LogP contribution in [-0.4, -0.2) is 44.4 Å². The Morgan fingerprint density at radius 1 is 1.22 bits per heavy atom. The average molecular weight is 446 g/mol. The third-order valence-corrected chi connectivity index (χ3v) is 6.33. The monoisotopic (exact) mass is 445 g/mol. The van der Waals surface area contributed by atoms with Crippen molar-refractivity contribution in [3.63, 3.8) is 0 Å². The van der Waals surface area contributed by atoms with Gasteiger partial charge in [0.15, 0.2) is 11.3 Å². The Balaban J connectivity index is 1.57. The molecule has 0 spiro atoms. The topological polar surface area (TPSA) is 80.4 Å². The maximum absolute atomic E-state index is 13.7. The zero-order chi connectivity index (χ0) is 23.0. The van der Waals surface area contributed by atoms with Gasteiger partial charge in [-0.3, -0.25) is 9.48 Å². The first-order valence-electron chi connectivity index (χ1n) is 10.9. The van der Waals surface area contributed by atoms with Crippen LogP contribution in [0.5, 0.6) is 0 Å². The number of alkyl halides is 2. The van der Waals surface area contributed by atoms with Crippen LogP contribution in [0.2, 0.25) is 0 Å². The number of halogens is 2. The lowest BCUT2D eigenvalue weighted by Gasteiger charge is -2.30. The highest BCUT2D eigenvalue weighted by Gasteiger charge is 2.28. The van der Waals surface area contributed by atoms with Gasteiger partial charge >= 0.3 is 0 Å². The molecule has 1 aliphatic rings. The largest absolute Gasteiger partial charge is 0.363 e. The summed E-state index contributed by atoms with van der Waals surface area (Å²) in [5, 5.41) is 10.9. The van der Waals surface area contributed by atoms with Gasteiger partial charge in [0.1, 0.15) is 11.4 Å². The summed E-state index contributed by atoms with van der Waals surface area (Å²) in [6, 6.07) is 1.84. The number of amides is 1. The molecule has 0 radical (unpaired) electrons. The highest BCUT2D eigenvalue weighted by molar-refractivity contribution is 6.08. The van der Waals surface area contributed by atoms with E-state index in [2.05, 4.69) is 34.3 Å². The Hall–Kier alpha value is -3.04. The molecule has 0 bridgehead atoms. The molecule has 0 atom stereocenters. The summed E-state index contributed by atoms with van der Waals surface area (Å²) >= 11 is 0. The number of nitrogens with one attached hydrogen (secondary N) is 1. The molecule has 3 heterocycles. The summed E-state index contributed by atoms with van der Waals surface area (Å²) in [5.74, 6) is 1.39. The van der Waals surface area contributed by atoms with E-state index in [-0.39, 0.29) is 17.3 Å². The van der Waals surface area contributed by atoms with Crippen molar-refractivity contribution in [2.24, 2.45) is 11.8 Å². The molecule has 3 aromatic heterocycles. The summed E-state index contributed by atoms with van der Waals surface area (Å²) in [4.78, 5) is 19.2. The van der Waals surface area contributed by atoms with E-state index < -0.39 is 18.0 Å². The summed E-state index contributed by atoms with van der Waals surface area (Å²) in [6.45, 7) is 4.44. The number of carbonyl (C=O) groups excluding carboxylic acids is 1. The van der Waals surface area contributed by atoms with Crippen molar-refractivity contribution >= 4 is 23.1 Å². The lowest BCUT2D eigenvalue weighted by atomic mass is 9.80. The second-order valence-electron chi connectivity index (χ2n) is 8.98. The van der Waals surface area contributed by atoms with Crippen LogP contribution in [0.1, 0.15) is 68.0 Å². The van der Waals surface area contributed by atoms with Gasteiger partial charge in [0.05, 0.1) is 17.9 Å². The molecule has 1 saturated carbocycles. The maximum atomic E-state index is 13.7. The quantitative estimate of drug-likeness (QED) is 0.601. The minimum atomic E-state index is -2.79. The van der Waals surface area contributed by atoms with E-state index in [9.17, 15) is 13.6 Å². The molecule has 0 aromatic carbocycles. The first-order valence-corrected chi connectivity index (χ1v) is 10.9. The molecule has 3 aromatic rings. The molecule has 1 aliphatic carbocycles. The number of nitrogens with zero attached hydrogens (tertiary/aromatic N) is 6. The second-order valence-corrected chi connectivity index (χ2v) is 8.98. The predicted molar refractivity (Wildman–Crippen MR) is 118 cm³/mol. The average Bonchev–Trinajstić information content (AvgIpc) is 3.37. The van der Waals surface area contributed by atoms with Gasteiger partial charge in [-0.25, -0.2) is 18.3 Å². The van der Waals surface area contributed by atoms with E-state index in [1.807, 2.05) is 19.0 Å². The lowest BCUT2D eigenvalue weighted by Crippen LogP contribution is -2.21. The number of aromatic nitrogens is 5. The Labute approximate surface area is 185 Å². The van der Waals surface area contributed by atoms with Crippen molar-refractivity contribution in [2.45, 2.75) is 52.0 Å². The number of anilines is 2. The molecular weight excluding hydrogens is 416 g/mol. The van der Waals surface area contributed by atoms with Gasteiger partial charge in [-0.05, 0) is 43.6 Å². The molecule has 4 rings (SSSR count). The SMILES string of the molecule is CC(C)C1CCC(n2cc(NC(=O)c3cnn4ccc(N(C)C)nc34)c(C(F)F)n2)CC1. The van der Waals surface area contributed by atoms with E-state index in [1.54, 1.807) is 16.9 Å². The Morgan fingerprint density at radius 2 is 1.94 bits per heavy atom. The highest BCUT2D eigenvalue weighted by atomic mass is 19.3. The molecule has 1 fully saturated rings. The zero-order valence-corrected chi connectivity index (χ0v) is 18.8. The third-order valence-electron chi connectivity index (χ3n) is 6.33. The Kier molecular flexibility index (Phi) is 6.12. The van der Waals surface area contributed by atoms with Crippen LogP contribution in [0.15, 0.2) is 24.7 Å². The van der Waals surface area contributed by atoms with Crippen molar-refractivity contribution in [1.82, 2.24) is 24.4 Å². The second kappa shape index (κ2) is 8.84. The Morgan fingerprint density at radius 3 is 2.56 bits per heavy atom. The summed E-state index contributed by atoms with van der Waals surface area (Å²) in [7, 11) is 3.68. The fourth-order valence-electron chi connectivity index (χ4n) is 4.34. The fraction of sp³-hybridized carbons (Fsp3) is 0.545. The standard InChI is InChI=1S/C22H29F2N7O/c1-13(2)14-5-7-15(8-6-14)31-12-17(19(28-31)20(23)24)26-22(32)16-11-25-30-10-9-18(29(3)4)27-21(16)30/h9-15,20H,5-8H2,1-4H3,(H,26,32). The van der Waals surface area contributed by atoms with Gasteiger partial charge in [-0.15, -0.1) is 0 Å². The van der Waals surface area contributed by atoms with Crippen molar-refractivity contribution < 1.29 is 13.6 Å². The molecular formula is C22H29F2N7O. The minimum Gasteiger partial charge on any atom is -0.363 e. The number of hydrogen-bond acceptors (Lipinski definition) is 5. The smallest absolute Gasteiger partial charge is 0.284 e. The van der Waals surface area contributed by atoms with E-state index in [4.69, 9.17) is 0 Å². The minimum absolute atomic E-state index is 0.0269. The summed E-state index contributed by atoms with van der Waals surface area (Å²) < 4.78 is 30.5. The van der Waals surface area contributed by atoms with E-state index >= 15 is 0 Å². The number of carbonyl (C=O) groups is 1. The molecule has 10 heteroatoms. The van der Waals surface area contributed by atoms with Crippen molar-refractivity contribution in [1.29, 1.82) is 0 Å². The van der Waals surface area contributed by atoms with Crippen LogP contribution >= 0.6 is 0 Å². The van der Waals surface area contributed by atoms with Gasteiger partial charge in [0.2, 0.25) is 0 Å². The van der Waals surface area contributed by atoms with Crippen LogP contribution < -0.4 is 10.2 Å².